The van der Waals surface area contributed by atoms with E-state index in [1.54, 1.807) is 0 Å². The molecule has 0 bridgehead atoms. The van der Waals surface area contributed by atoms with Gasteiger partial charge in [-0.15, -0.1) is 0 Å². The number of hydrogen-bond donors (Lipinski definition) is 1. The predicted octanol–water partition coefficient (Wildman–Crippen LogP) is -0.411. The second kappa shape index (κ2) is 3.17. The summed E-state index contributed by atoms with van der Waals surface area (Å²) >= 11 is 0. The van der Waals surface area contributed by atoms with Crippen molar-refractivity contribution in [3.63, 3.8) is 0 Å². The van der Waals surface area contributed by atoms with Crippen LogP contribution in [0.1, 0.15) is 13.8 Å². The molecule has 1 N–H and O–H groups in total. The molecule has 0 aromatic rings. The second-order valence-electron chi connectivity index (χ2n) is 3.41. The minimum atomic E-state index is -0.169. The Morgan fingerprint density at radius 3 is 2.83 bits per heavy atom. The van der Waals surface area contributed by atoms with E-state index in [-0.39, 0.29) is 17.4 Å². The molecule has 1 aliphatic rings. The topological polar surface area (TPSA) is 58.5 Å². The first-order valence-corrected chi connectivity index (χ1v) is 3.83. The third-order valence-electron chi connectivity index (χ3n) is 2.09. The van der Waals surface area contributed by atoms with Crippen molar-refractivity contribution in [1.29, 1.82) is 0 Å². The van der Waals surface area contributed by atoms with Gasteiger partial charge in [0.1, 0.15) is 0 Å². The zero-order valence-corrected chi connectivity index (χ0v) is 7.20. The normalized spacial score (nSPS) is 26.2. The number of β-lactam (4-membered cyclic amide) rings is 1. The Bertz CT molecular complexity index is 238. The van der Waals surface area contributed by atoms with Crippen molar-refractivity contribution in [2.75, 3.05) is 6.54 Å². The Morgan fingerprint density at radius 2 is 2.42 bits per heavy atom. The van der Waals surface area contributed by atoms with Gasteiger partial charge in [-0.25, -0.2) is 0 Å². The van der Waals surface area contributed by atoms with Crippen LogP contribution in [-0.2, 0) is 9.50 Å². The van der Waals surface area contributed by atoms with Crippen molar-refractivity contribution in [3.05, 3.63) is 0 Å². The summed E-state index contributed by atoms with van der Waals surface area (Å²) in [4.78, 5) is 14.8. The van der Waals surface area contributed by atoms with Crippen LogP contribution in [0.2, 0.25) is 0 Å². The predicted molar refractivity (Wildman–Crippen MR) is 45.5 cm³/mol. The number of carbonyl (C=O) groups is 1. The molecule has 4 nitrogen and oxygen atoms in total. The number of carbonyl (C=O) groups excluding carboxylic acids is 1. The van der Waals surface area contributed by atoms with Gasteiger partial charge in [0.25, 0.3) is 0 Å². The van der Waals surface area contributed by atoms with Crippen LogP contribution in [0.5, 0.6) is 0 Å². The van der Waals surface area contributed by atoms with E-state index in [0.717, 1.165) is 0 Å². The fourth-order valence-electron chi connectivity index (χ4n) is 1.26. The van der Waals surface area contributed by atoms with Gasteiger partial charge in [-0.3, -0.25) is 0 Å². The van der Waals surface area contributed by atoms with Crippen LogP contribution in [0.4, 0.5) is 0 Å². The Hall–Kier alpha value is -0.995. The molecule has 0 aromatic heterocycles. The molecule has 0 unspecified atom stereocenters. The third kappa shape index (κ3) is 1.60. The van der Waals surface area contributed by atoms with Gasteiger partial charge < -0.3 is 0 Å². The standard InChI is InChI=1S/C7H11BN2O2/c1-7(2)5(6(11)10-7)3-9-4-8-12/h4-5H,3H2,1-2H3,(H,10,11)/b9-4-/t5-/m0/s1. The molecule has 0 spiro atoms. The average Bonchev–Trinajstić information content (AvgIpc) is 1.97. The van der Waals surface area contributed by atoms with Crippen LogP contribution in [0.3, 0.4) is 0 Å². The fraction of sp³-hybridized carbons (Fsp3) is 0.714. The van der Waals surface area contributed by atoms with Crippen LogP contribution in [-0.4, -0.2) is 31.3 Å². The fourth-order valence-corrected chi connectivity index (χ4v) is 1.26. The van der Waals surface area contributed by atoms with Crippen molar-refractivity contribution in [2.45, 2.75) is 19.4 Å². The van der Waals surface area contributed by atoms with Crippen LogP contribution in [0.15, 0.2) is 4.99 Å². The van der Waals surface area contributed by atoms with Crippen molar-refractivity contribution in [1.82, 2.24) is 5.32 Å². The molecule has 0 radical (unpaired) electrons. The first-order chi connectivity index (χ1) is 5.58. The molecule has 1 aliphatic heterocycles. The molecule has 1 atom stereocenters. The van der Waals surface area contributed by atoms with Gasteiger partial charge >= 0.3 is 70.8 Å². The molecule has 0 aromatic carbocycles. The average molecular weight is 166 g/mol. The number of nitrogens with one attached hydrogen (secondary N) is 1. The van der Waals surface area contributed by atoms with E-state index in [4.69, 9.17) is 0 Å². The molecule has 1 saturated heterocycles. The van der Waals surface area contributed by atoms with Crippen molar-refractivity contribution >= 4 is 19.2 Å². The van der Waals surface area contributed by atoms with Gasteiger partial charge in [-0.05, 0) is 0 Å². The van der Waals surface area contributed by atoms with Crippen LogP contribution < -0.4 is 5.32 Å². The minimum absolute atomic E-state index is 0.0167. The molecular weight excluding hydrogens is 155 g/mol. The van der Waals surface area contributed by atoms with E-state index in [9.17, 15) is 9.50 Å². The van der Waals surface area contributed by atoms with Gasteiger partial charge in [-0.2, -0.15) is 0 Å². The molecule has 1 heterocycles. The van der Waals surface area contributed by atoms with Crippen LogP contribution >= 0.6 is 0 Å². The molecule has 5 heteroatoms. The van der Waals surface area contributed by atoms with Gasteiger partial charge in [0.15, 0.2) is 0 Å². The molecule has 0 aliphatic carbocycles. The van der Waals surface area contributed by atoms with E-state index < -0.39 is 0 Å². The maximum atomic E-state index is 11.0. The van der Waals surface area contributed by atoms with Crippen molar-refractivity contribution in [2.24, 2.45) is 10.9 Å². The Morgan fingerprint density at radius 1 is 1.75 bits per heavy atom. The zero-order valence-electron chi connectivity index (χ0n) is 7.20. The summed E-state index contributed by atoms with van der Waals surface area (Å²) in [5, 5.41) is 2.76. The van der Waals surface area contributed by atoms with E-state index in [0.29, 0.717) is 13.7 Å². The summed E-state index contributed by atoms with van der Waals surface area (Å²) in [6.45, 7) is 4.28. The summed E-state index contributed by atoms with van der Waals surface area (Å²) in [5.74, 6) is -0.0725. The maximum absolute atomic E-state index is 11.0. The summed E-state index contributed by atoms with van der Waals surface area (Å²) in [6, 6.07) is 0. The van der Waals surface area contributed by atoms with Crippen LogP contribution in [0, 0.1) is 5.92 Å². The summed E-state index contributed by atoms with van der Waals surface area (Å²) in [6.07, 6.45) is 1.18. The third-order valence-corrected chi connectivity index (χ3v) is 2.09. The number of nitrogens with zero attached hydrogens (tertiary/aromatic N) is 1. The van der Waals surface area contributed by atoms with Gasteiger partial charge in [0, 0.05) is 0 Å². The van der Waals surface area contributed by atoms with E-state index in [1.165, 1.54) is 6.11 Å². The summed E-state index contributed by atoms with van der Waals surface area (Å²) in [7, 11) is 0.615. The Labute approximate surface area is 71.7 Å². The first kappa shape index (κ1) is 9.10. The van der Waals surface area contributed by atoms with Crippen molar-refractivity contribution in [3.8, 4) is 0 Å². The molecule has 1 fully saturated rings. The van der Waals surface area contributed by atoms with E-state index in [2.05, 4.69) is 10.3 Å². The van der Waals surface area contributed by atoms with Crippen molar-refractivity contribution < 1.29 is 9.50 Å². The zero-order chi connectivity index (χ0) is 9.19. The molecule has 64 valence electrons. The van der Waals surface area contributed by atoms with Gasteiger partial charge in [-0.1, -0.05) is 0 Å². The number of rotatable bonds is 3. The number of amides is 1. The molecule has 1 rings (SSSR count). The monoisotopic (exact) mass is 166 g/mol. The SMILES string of the molecule is CC1(C)NC(=O)[C@@H]1C/N=C\B=O. The molecule has 1 amide bonds. The van der Waals surface area contributed by atoms with E-state index >= 15 is 0 Å². The molecule has 0 saturated carbocycles. The van der Waals surface area contributed by atoms with Crippen LogP contribution in [0.25, 0.3) is 0 Å². The summed E-state index contributed by atoms with van der Waals surface area (Å²) < 4.78 is 9.89. The Balaban J connectivity index is 2.46. The summed E-state index contributed by atoms with van der Waals surface area (Å²) in [5.41, 5.74) is -0.169. The quantitative estimate of drug-likeness (QED) is 0.352. The van der Waals surface area contributed by atoms with Gasteiger partial charge in [0.2, 0.25) is 0 Å². The molecular formula is C7H11BN2O2. The Kier molecular flexibility index (Phi) is 2.40. The number of aliphatic imine (C=N–C) groups is 1. The molecule has 12 heavy (non-hydrogen) atoms. The van der Waals surface area contributed by atoms with Gasteiger partial charge in [0.05, 0.1) is 0 Å². The number of hydrogen-bond acceptors (Lipinski definition) is 3. The van der Waals surface area contributed by atoms with E-state index in [1.807, 2.05) is 13.8 Å². The second-order valence-corrected chi connectivity index (χ2v) is 3.41. The first-order valence-electron chi connectivity index (χ1n) is 3.83.